The summed E-state index contributed by atoms with van der Waals surface area (Å²) in [5.41, 5.74) is 0. The van der Waals surface area contributed by atoms with Crippen molar-refractivity contribution in [2.75, 3.05) is 26.3 Å². The highest BCUT2D eigenvalue weighted by atomic mass is 16.3. The zero-order valence-corrected chi connectivity index (χ0v) is 17.8. The Morgan fingerprint density at radius 2 is 1.46 bits per heavy atom. The number of nitrogens with zero attached hydrogens (tertiary/aromatic N) is 1. The van der Waals surface area contributed by atoms with E-state index >= 15 is 0 Å². The lowest BCUT2D eigenvalue weighted by molar-refractivity contribution is 0.112. The number of hydrogen-bond donors (Lipinski definition) is 2. The van der Waals surface area contributed by atoms with E-state index in [4.69, 9.17) is 0 Å². The van der Waals surface area contributed by atoms with Crippen LogP contribution in [-0.2, 0) is 0 Å². The molecule has 3 heteroatoms. The van der Waals surface area contributed by atoms with Crippen molar-refractivity contribution in [2.24, 2.45) is 11.8 Å². The van der Waals surface area contributed by atoms with Gasteiger partial charge in [-0.3, -0.25) is 4.90 Å². The predicted octanol–water partition coefficient (Wildman–Crippen LogP) is 5.39. The molecule has 0 aromatic rings. The van der Waals surface area contributed by atoms with Gasteiger partial charge in [-0.15, -0.1) is 0 Å². The molecule has 1 saturated carbocycles. The molecule has 0 aliphatic heterocycles. The quantitative estimate of drug-likeness (QED) is 0.359. The van der Waals surface area contributed by atoms with Crippen molar-refractivity contribution < 1.29 is 10.2 Å². The SMILES string of the molecule is CC(C)CCCCCCCN(CCO)C(CCO)CCC1CCCCC1. The number of aliphatic hydroxyl groups excluding tert-OH is 2. The van der Waals surface area contributed by atoms with Crippen molar-refractivity contribution in [1.29, 1.82) is 0 Å². The first-order chi connectivity index (χ1) is 12.7. The van der Waals surface area contributed by atoms with E-state index in [1.807, 2.05) is 0 Å². The van der Waals surface area contributed by atoms with Crippen molar-refractivity contribution in [2.45, 2.75) is 110 Å². The van der Waals surface area contributed by atoms with Gasteiger partial charge in [0.1, 0.15) is 0 Å². The second-order valence-electron chi connectivity index (χ2n) is 8.96. The zero-order valence-electron chi connectivity index (χ0n) is 17.8. The minimum Gasteiger partial charge on any atom is -0.396 e. The van der Waals surface area contributed by atoms with E-state index in [1.165, 1.54) is 83.5 Å². The normalized spacial score (nSPS) is 17.3. The molecule has 1 aliphatic rings. The predicted molar refractivity (Wildman–Crippen MR) is 112 cm³/mol. The molecule has 0 heterocycles. The summed E-state index contributed by atoms with van der Waals surface area (Å²) in [4.78, 5) is 2.47. The molecular weight excluding hydrogens is 322 g/mol. The molecule has 0 aromatic heterocycles. The van der Waals surface area contributed by atoms with E-state index in [2.05, 4.69) is 18.7 Å². The van der Waals surface area contributed by atoms with E-state index in [0.29, 0.717) is 6.04 Å². The van der Waals surface area contributed by atoms with Gasteiger partial charge in [0.25, 0.3) is 0 Å². The molecule has 1 atom stereocenters. The van der Waals surface area contributed by atoms with Gasteiger partial charge >= 0.3 is 0 Å². The average Bonchev–Trinajstić information content (AvgIpc) is 2.64. The van der Waals surface area contributed by atoms with Crippen LogP contribution in [0.2, 0.25) is 0 Å². The molecule has 0 radical (unpaired) electrons. The van der Waals surface area contributed by atoms with Crippen LogP contribution in [0.25, 0.3) is 0 Å². The third kappa shape index (κ3) is 11.6. The molecule has 0 amide bonds. The Balaban J connectivity index is 2.28. The number of hydrogen-bond acceptors (Lipinski definition) is 3. The van der Waals surface area contributed by atoms with Crippen molar-refractivity contribution >= 4 is 0 Å². The third-order valence-electron chi connectivity index (χ3n) is 6.23. The van der Waals surface area contributed by atoms with Crippen molar-refractivity contribution in [1.82, 2.24) is 4.90 Å². The maximum Gasteiger partial charge on any atom is 0.0558 e. The lowest BCUT2D eigenvalue weighted by Crippen LogP contribution is -2.39. The van der Waals surface area contributed by atoms with Gasteiger partial charge in [-0.2, -0.15) is 0 Å². The third-order valence-corrected chi connectivity index (χ3v) is 6.23. The number of rotatable bonds is 16. The van der Waals surface area contributed by atoms with Crippen LogP contribution in [0.3, 0.4) is 0 Å². The fourth-order valence-electron chi connectivity index (χ4n) is 4.57. The summed E-state index contributed by atoms with van der Waals surface area (Å²) >= 11 is 0. The fourth-order valence-corrected chi connectivity index (χ4v) is 4.57. The number of aliphatic hydroxyl groups is 2. The fraction of sp³-hybridized carbons (Fsp3) is 1.00. The molecule has 2 N–H and O–H groups in total. The van der Waals surface area contributed by atoms with Crippen LogP contribution < -0.4 is 0 Å². The minimum absolute atomic E-state index is 0.236. The second-order valence-corrected chi connectivity index (χ2v) is 8.96. The molecule has 1 aliphatic carbocycles. The summed E-state index contributed by atoms with van der Waals surface area (Å²) in [6.07, 6.45) is 18.4. The van der Waals surface area contributed by atoms with Crippen LogP contribution in [-0.4, -0.2) is 47.5 Å². The van der Waals surface area contributed by atoms with Crippen molar-refractivity contribution in [3.8, 4) is 0 Å². The van der Waals surface area contributed by atoms with E-state index in [-0.39, 0.29) is 13.2 Å². The standard InChI is InChI=1S/C23H47NO2/c1-21(2)11-7-4-3-5-10-17-24(18-20-26)23(16-19-25)15-14-22-12-8-6-9-13-22/h21-23,25-26H,3-20H2,1-2H3. The van der Waals surface area contributed by atoms with Crippen LogP contribution in [0, 0.1) is 11.8 Å². The number of unbranched alkanes of at least 4 members (excludes halogenated alkanes) is 4. The molecule has 26 heavy (non-hydrogen) atoms. The molecule has 0 spiro atoms. The molecule has 156 valence electrons. The maximum absolute atomic E-state index is 9.52. The van der Waals surface area contributed by atoms with E-state index in [9.17, 15) is 10.2 Å². The molecule has 1 fully saturated rings. The monoisotopic (exact) mass is 369 g/mol. The van der Waals surface area contributed by atoms with Gasteiger partial charge in [-0.05, 0) is 44.1 Å². The molecule has 1 unspecified atom stereocenters. The first-order valence-electron chi connectivity index (χ1n) is 11.6. The molecule has 0 bridgehead atoms. The summed E-state index contributed by atoms with van der Waals surface area (Å²) in [6, 6.07) is 0.454. The van der Waals surface area contributed by atoms with Gasteiger partial charge in [-0.1, -0.05) is 78.1 Å². The highest BCUT2D eigenvalue weighted by molar-refractivity contribution is 4.75. The van der Waals surface area contributed by atoms with E-state index in [1.54, 1.807) is 0 Å². The first-order valence-corrected chi connectivity index (χ1v) is 11.6. The van der Waals surface area contributed by atoms with Crippen LogP contribution in [0.4, 0.5) is 0 Å². The largest absolute Gasteiger partial charge is 0.396 e. The van der Waals surface area contributed by atoms with Crippen LogP contribution in [0.1, 0.15) is 104 Å². The lowest BCUT2D eigenvalue weighted by Gasteiger charge is -2.33. The topological polar surface area (TPSA) is 43.7 Å². The van der Waals surface area contributed by atoms with Gasteiger partial charge in [0, 0.05) is 19.2 Å². The molecule has 1 rings (SSSR count). The van der Waals surface area contributed by atoms with Crippen molar-refractivity contribution in [3.05, 3.63) is 0 Å². The summed E-state index contributed by atoms with van der Waals surface area (Å²) in [5.74, 6) is 1.74. The van der Waals surface area contributed by atoms with Crippen LogP contribution in [0.5, 0.6) is 0 Å². The summed E-state index contributed by atoms with van der Waals surface area (Å²) < 4.78 is 0. The Morgan fingerprint density at radius 1 is 0.769 bits per heavy atom. The average molecular weight is 370 g/mol. The minimum atomic E-state index is 0.236. The van der Waals surface area contributed by atoms with Crippen LogP contribution in [0.15, 0.2) is 0 Å². The van der Waals surface area contributed by atoms with Gasteiger partial charge in [0.15, 0.2) is 0 Å². The molecule has 0 saturated heterocycles. The smallest absolute Gasteiger partial charge is 0.0558 e. The van der Waals surface area contributed by atoms with Gasteiger partial charge < -0.3 is 10.2 Å². The van der Waals surface area contributed by atoms with Gasteiger partial charge in [-0.25, -0.2) is 0 Å². The van der Waals surface area contributed by atoms with Gasteiger partial charge in [0.05, 0.1) is 6.61 Å². The lowest BCUT2D eigenvalue weighted by atomic mass is 9.84. The summed E-state index contributed by atoms with van der Waals surface area (Å²) in [7, 11) is 0. The van der Waals surface area contributed by atoms with Crippen molar-refractivity contribution in [3.63, 3.8) is 0 Å². The zero-order chi connectivity index (χ0) is 19.0. The Hall–Kier alpha value is -0.120. The Bertz CT molecular complexity index is 303. The highest BCUT2D eigenvalue weighted by Crippen LogP contribution is 2.29. The Labute approximate surface area is 163 Å². The molecule has 3 nitrogen and oxygen atoms in total. The first kappa shape index (κ1) is 23.9. The van der Waals surface area contributed by atoms with Gasteiger partial charge in [0.2, 0.25) is 0 Å². The maximum atomic E-state index is 9.52. The summed E-state index contributed by atoms with van der Waals surface area (Å²) in [5, 5.41) is 19.0. The molecule has 0 aromatic carbocycles. The van der Waals surface area contributed by atoms with E-state index in [0.717, 1.165) is 31.3 Å². The summed E-state index contributed by atoms with van der Waals surface area (Å²) in [6.45, 7) is 6.97. The Morgan fingerprint density at radius 3 is 2.12 bits per heavy atom. The van der Waals surface area contributed by atoms with E-state index < -0.39 is 0 Å². The molecular formula is C23H47NO2. The Kier molecular flexibility index (Phi) is 14.6. The second kappa shape index (κ2) is 15.9. The van der Waals surface area contributed by atoms with Crippen LogP contribution >= 0.6 is 0 Å². The highest BCUT2D eigenvalue weighted by Gasteiger charge is 2.20.